The van der Waals surface area contributed by atoms with Gasteiger partial charge in [-0.15, -0.1) is 0 Å². The quantitative estimate of drug-likeness (QED) is 0.0879. The molecule has 1 amide bonds. The Labute approximate surface area is 246 Å². The zero-order valence-electron chi connectivity index (χ0n) is 22.9. The van der Waals surface area contributed by atoms with E-state index in [4.69, 9.17) is 9.47 Å². The fraction of sp³-hybridized carbons (Fsp3) is 0.156. The number of pyridine rings is 1. The summed E-state index contributed by atoms with van der Waals surface area (Å²) in [6.07, 6.45) is 4.52. The number of amides is 1. The molecule has 42 heavy (non-hydrogen) atoms. The molecule has 1 aliphatic rings. The highest BCUT2D eigenvalue weighted by Gasteiger charge is 2.48. The second-order valence-electron chi connectivity index (χ2n) is 9.49. The molecule has 10 heteroatoms. The Bertz CT molecular complexity index is 1690. The number of thiazole rings is 1. The van der Waals surface area contributed by atoms with Gasteiger partial charge >= 0.3 is 11.9 Å². The van der Waals surface area contributed by atoms with Crippen molar-refractivity contribution in [2.75, 3.05) is 11.5 Å². The molecule has 9 nitrogen and oxygen atoms in total. The lowest BCUT2D eigenvalue weighted by Gasteiger charge is -2.22. The van der Waals surface area contributed by atoms with Crippen LogP contribution in [0.1, 0.15) is 43.7 Å². The molecule has 1 atom stereocenters. The second kappa shape index (κ2) is 12.2. The van der Waals surface area contributed by atoms with Gasteiger partial charge in [-0.1, -0.05) is 54.3 Å². The summed E-state index contributed by atoms with van der Waals surface area (Å²) in [5.41, 5.74) is 3.20. The molecule has 0 radical (unpaired) electrons. The third-order valence-corrected chi connectivity index (χ3v) is 7.87. The fourth-order valence-electron chi connectivity index (χ4n) is 4.56. The number of rotatable bonds is 9. The number of aromatic nitrogens is 2. The van der Waals surface area contributed by atoms with Gasteiger partial charge in [0, 0.05) is 18.0 Å². The Morgan fingerprint density at radius 3 is 2.55 bits per heavy atom. The first-order valence-electron chi connectivity index (χ1n) is 13.0. The summed E-state index contributed by atoms with van der Waals surface area (Å²) in [5, 5.41) is 11.5. The first kappa shape index (κ1) is 28.4. The maximum absolute atomic E-state index is 13.4. The number of aryl methyl sites for hydroxylation is 2. The Balaban J connectivity index is 1.50. The van der Waals surface area contributed by atoms with Crippen molar-refractivity contribution < 1.29 is 29.0 Å². The summed E-state index contributed by atoms with van der Waals surface area (Å²) in [5.74, 6) is -2.16. The van der Waals surface area contributed by atoms with Crippen molar-refractivity contribution in [2.45, 2.75) is 26.5 Å². The number of carbonyl (C=O) groups excluding carboxylic acids is 3. The van der Waals surface area contributed by atoms with Gasteiger partial charge < -0.3 is 14.6 Å². The van der Waals surface area contributed by atoms with Crippen LogP contribution in [0.2, 0.25) is 0 Å². The van der Waals surface area contributed by atoms with Gasteiger partial charge in [0.05, 0.1) is 17.3 Å². The van der Waals surface area contributed by atoms with Crippen LogP contribution in [0.5, 0.6) is 5.75 Å². The highest BCUT2D eigenvalue weighted by atomic mass is 32.1. The third-order valence-electron chi connectivity index (χ3n) is 6.74. The van der Waals surface area contributed by atoms with Crippen LogP contribution >= 0.6 is 11.3 Å². The second-order valence-corrected chi connectivity index (χ2v) is 10.5. The van der Waals surface area contributed by atoms with Gasteiger partial charge in [0.1, 0.15) is 29.6 Å². The molecule has 1 aliphatic heterocycles. The number of hydrogen-bond donors (Lipinski definition) is 1. The monoisotopic (exact) mass is 581 g/mol. The van der Waals surface area contributed by atoms with Crippen LogP contribution in [0.3, 0.4) is 0 Å². The van der Waals surface area contributed by atoms with E-state index in [2.05, 4.69) is 16.5 Å². The van der Waals surface area contributed by atoms with E-state index in [0.29, 0.717) is 29.2 Å². The highest BCUT2D eigenvalue weighted by Crippen LogP contribution is 2.43. The van der Waals surface area contributed by atoms with Gasteiger partial charge in [-0.3, -0.25) is 19.5 Å². The molecule has 3 heterocycles. The molecule has 0 bridgehead atoms. The van der Waals surface area contributed by atoms with Crippen molar-refractivity contribution >= 4 is 39.9 Å². The van der Waals surface area contributed by atoms with Crippen molar-refractivity contribution in [1.82, 2.24) is 9.97 Å². The molecule has 1 fully saturated rings. The van der Waals surface area contributed by atoms with Crippen molar-refractivity contribution in [1.29, 1.82) is 0 Å². The van der Waals surface area contributed by atoms with E-state index in [0.717, 1.165) is 22.5 Å². The Morgan fingerprint density at radius 1 is 1.10 bits per heavy atom. The van der Waals surface area contributed by atoms with Crippen LogP contribution in [0, 0.1) is 13.8 Å². The normalized spacial score (nSPS) is 16.0. The van der Waals surface area contributed by atoms with E-state index in [1.807, 2.05) is 31.2 Å². The molecule has 0 saturated carbocycles. The number of esters is 1. The average Bonchev–Trinajstić information content (AvgIpc) is 3.52. The van der Waals surface area contributed by atoms with Crippen molar-refractivity contribution in [3.63, 3.8) is 0 Å². The summed E-state index contributed by atoms with van der Waals surface area (Å²) in [7, 11) is 0. The molecule has 4 aromatic rings. The number of ketones is 1. The molecule has 2 aromatic heterocycles. The number of Topliss-reactive ketones (excluding diaryl/α,β-unsaturated/α-hetero) is 1. The van der Waals surface area contributed by atoms with Crippen LogP contribution in [-0.4, -0.2) is 39.3 Å². The van der Waals surface area contributed by atoms with E-state index < -0.39 is 23.7 Å². The van der Waals surface area contributed by atoms with Crippen LogP contribution < -0.4 is 9.64 Å². The molecule has 1 unspecified atom stereocenters. The number of anilines is 1. The molecule has 5 rings (SSSR count). The van der Waals surface area contributed by atoms with Crippen LogP contribution in [0.25, 0.3) is 5.76 Å². The van der Waals surface area contributed by atoms with Crippen molar-refractivity contribution in [2.24, 2.45) is 0 Å². The van der Waals surface area contributed by atoms with Crippen molar-refractivity contribution in [3.05, 3.63) is 124 Å². The first-order chi connectivity index (χ1) is 20.3. The van der Waals surface area contributed by atoms with Gasteiger partial charge in [0.25, 0.3) is 5.78 Å². The minimum atomic E-state index is -1.03. The summed E-state index contributed by atoms with van der Waals surface area (Å²) in [6, 6.07) is 16.9. The van der Waals surface area contributed by atoms with E-state index in [1.165, 1.54) is 17.2 Å². The van der Waals surface area contributed by atoms with Gasteiger partial charge in [-0.05, 0) is 60.9 Å². The van der Waals surface area contributed by atoms with Gasteiger partial charge in [0.2, 0.25) is 0 Å². The SMILES string of the molecule is C=CCOC(=O)c1sc(N2C(=O)C(=O)C(=C(O)c3ccc(OCc4ccccc4C)cc3)C2c2cccnc2)nc1C. The van der Waals surface area contributed by atoms with Crippen LogP contribution in [0.4, 0.5) is 5.13 Å². The Kier molecular flexibility index (Phi) is 8.26. The summed E-state index contributed by atoms with van der Waals surface area (Å²) < 4.78 is 11.1. The Morgan fingerprint density at radius 2 is 1.86 bits per heavy atom. The molecule has 1 saturated heterocycles. The van der Waals surface area contributed by atoms with E-state index in [1.54, 1.807) is 49.5 Å². The molecular formula is C32H27N3O6S. The molecule has 212 valence electrons. The van der Waals surface area contributed by atoms with Crippen LogP contribution in [0.15, 0.2) is 91.3 Å². The smallest absolute Gasteiger partial charge is 0.350 e. The van der Waals surface area contributed by atoms with E-state index >= 15 is 0 Å². The maximum atomic E-state index is 13.4. The fourth-order valence-corrected chi connectivity index (χ4v) is 5.54. The summed E-state index contributed by atoms with van der Waals surface area (Å²) >= 11 is 0.927. The van der Waals surface area contributed by atoms with E-state index in [-0.39, 0.29) is 27.9 Å². The zero-order chi connectivity index (χ0) is 29.8. The third kappa shape index (κ3) is 5.57. The molecule has 0 aliphatic carbocycles. The highest BCUT2D eigenvalue weighted by molar-refractivity contribution is 7.17. The van der Waals surface area contributed by atoms with Crippen molar-refractivity contribution in [3.8, 4) is 5.75 Å². The predicted molar refractivity (Wildman–Crippen MR) is 158 cm³/mol. The number of ether oxygens (including phenoxy) is 2. The number of aliphatic hydroxyl groups excluding tert-OH is 1. The topological polar surface area (TPSA) is 119 Å². The maximum Gasteiger partial charge on any atom is 0.350 e. The lowest BCUT2D eigenvalue weighted by atomic mass is 9.96. The van der Waals surface area contributed by atoms with Gasteiger partial charge in [-0.25, -0.2) is 9.78 Å². The first-order valence-corrected chi connectivity index (χ1v) is 13.9. The zero-order valence-corrected chi connectivity index (χ0v) is 23.8. The molecule has 0 spiro atoms. The number of nitrogens with zero attached hydrogens (tertiary/aromatic N) is 3. The number of hydrogen-bond acceptors (Lipinski definition) is 9. The van der Waals surface area contributed by atoms with Gasteiger partial charge in [-0.2, -0.15) is 0 Å². The molecule has 1 N–H and O–H groups in total. The Hall–Kier alpha value is -5.09. The lowest BCUT2D eigenvalue weighted by Crippen LogP contribution is -2.29. The number of carbonyl (C=O) groups is 3. The average molecular weight is 582 g/mol. The lowest BCUT2D eigenvalue weighted by molar-refractivity contribution is -0.132. The summed E-state index contributed by atoms with van der Waals surface area (Å²) in [6.45, 7) is 7.55. The summed E-state index contributed by atoms with van der Waals surface area (Å²) in [4.78, 5) is 49.3. The predicted octanol–water partition coefficient (Wildman–Crippen LogP) is 5.70. The number of aliphatic hydroxyl groups is 1. The van der Waals surface area contributed by atoms with Gasteiger partial charge in [0.15, 0.2) is 5.13 Å². The largest absolute Gasteiger partial charge is 0.507 e. The standard InChI is InChI=1S/C32H27N3O6S/c1-4-16-40-31(39)29-20(3)34-32(42-29)35-26(22-10-7-15-33-17-22)25(28(37)30(35)38)27(36)21-11-13-24(14-12-21)41-18-23-9-6-5-8-19(23)2/h4-15,17,26,36H,1,16,18H2,2-3H3. The minimum Gasteiger partial charge on any atom is -0.507 e. The minimum absolute atomic E-state index is 0.0153. The van der Waals surface area contributed by atoms with Crippen LogP contribution in [-0.2, 0) is 20.9 Å². The number of benzene rings is 2. The molecule has 2 aromatic carbocycles. The van der Waals surface area contributed by atoms with E-state index in [9.17, 15) is 19.5 Å². The molecular weight excluding hydrogens is 554 g/mol.